The second-order valence-electron chi connectivity index (χ2n) is 3.80. The number of nitrogens with two attached hydrogens (primary N) is 1. The molecule has 2 unspecified atom stereocenters. The van der Waals surface area contributed by atoms with Gasteiger partial charge in [0.25, 0.3) is 0 Å². The summed E-state index contributed by atoms with van der Waals surface area (Å²) in [5.74, 6) is 1.65. The van der Waals surface area contributed by atoms with Crippen LogP contribution in [0.4, 0.5) is 4.39 Å². The number of rotatable bonds is 4. The minimum absolute atomic E-state index is 0.182. The van der Waals surface area contributed by atoms with Gasteiger partial charge in [0.2, 0.25) is 5.91 Å². The molecule has 0 bridgehead atoms. The van der Waals surface area contributed by atoms with Crippen molar-refractivity contribution >= 4 is 5.91 Å². The number of terminal acetylenes is 1. The first-order valence-electron chi connectivity index (χ1n) is 5.29. The van der Waals surface area contributed by atoms with E-state index in [-0.39, 0.29) is 24.2 Å². The molecule has 4 heteroatoms. The molecule has 0 saturated heterocycles. The molecule has 1 aromatic rings. The summed E-state index contributed by atoms with van der Waals surface area (Å²) in [5.41, 5.74) is 6.24. The number of carbonyl (C=O) groups is 1. The Kier molecular flexibility index (Phi) is 4.68. The molecule has 0 aliphatic heterocycles. The van der Waals surface area contributed by atoms with E-state index in [1.807, 2.05) is 0 Å². The Bertz CT molecular complexity index is 439. The summed E-state index contributed by atoms with van der Waals surface area (Å²) in [5, 5.41) is 2.68. The maximum Gasteiger partial charge on any atom is 0.238 e. The molecular weight excluding hydrogens is 219 g/mol. The van der Waals surface area contributed by atoms with E-state index in [2.05, 4.69) is 11.2 Å². The van der Waals surface area contributed by atoms with Crippen LogP contribution >= 0.6 is 0 Å². The average molecular weight is 234 g/mol. The third kappa shape index (κ3) is 3.89. The van der Waals surface area contributed by atoms with Gasteiger partial charge in [0, 0.05) is 6.42 Å². The lowest BCUT2D eigenvalue weighted by molar-refractivity contribution is -0.122. The highest BCUT2D eigenvalue weighted by Gasteiger charge is 2.15. The van der Waals surface area contributed by atoms with Crippen molar-refractivity contribution in [1.82, 2.24) is 5.32 Å². The monoisotopic (exact) mass is 234 g/mol. The zero-order valence-corrected chi connectivity index (χ0v) is 9.61. The van der Waals surface area contributed by atoms with E-state index in [0.29, 0.717) is 5.56 Å². The topological polar surface area (TPSA) is 55.1 Å². The van der Waals surface area contributed by atoms with E-state index in [9.17, 15) is 9.18 Å². The third-order valence-electron chi connectivity index (χ3n) is 2.38. The SMILES string of the molecule is C#CCC(N)C(=O)NC(C)c1cccc(F)c1. The van der Waals surface area contributed by atoms with Gasteiger partial charge in [0.05, 0.1) is 12.1 Å². The lowest BCUT2D eigenvalue weighted by Gasteiger charge is -2.16. The van der Waals surface area contributed by atoms with E-state index in [1.54, 1.807) is 19.1 Å². The van der Waals surface area contributed by atoms with Crippen LogP contribution in [0.3, 0.4) is 0 Å². The van der Waals surface area contributed by atoms with E-state index < -0.39 is 6.04 Å². The first kappa shape index (κ1) is 13.2. The van der Waals surface area contributed by atoms with Gasteiger partial charge in [0.15, 0.2) is 0 Å². The van der Waals surface area contributed by atoms with Crippen LogP contribution in [0.5, 0.6) is 0 Å². The molecule has 0 spiro atoms. The van der Waals surface area contributed by atoms with Crippen molar-refractivity contribution in [2.75, 3.05) is 0 Å². The number of nitrogens with one attached hydrogen (secondary N) is 1. The highest BCUT2D eigenvalue weighted by atomic mass is 19.1. The minimum atomic E-state index is -0.726. The van der Waals surface area contributed by atoms with Crippen molar-refractivity contribution in [2.45, 2.75) is 25.4 Å². The third-order valence-corrected chi connectivity index (χ3v) is 2.38. The molecule has 0 radical (unpaired) electrons. The van der Waals surface area contributed by atoms with Crippen LogP contribution in [0.25, 0.3) is 0 Å². The zero-order valence-electron chi connectivity index (χ0n) is 9.61. The molecule has 2 atom stereocenters. The van der Waals surface area contributed by atoms with Gasteiger partial charge >= 0.3 is 0 Å². The second kappa shape index (κ2) is 6.02. The van der Waals surface area contributed by atoms with Crippen molar-refractivity contribution in [3.63, 3.8) is 0 Å². The van der Waals surface area contributed by atoms with Gasteiger partial charge in [0.1, 0.15) is 5.82 Å². The molecule has 3 nitrogen and oxygen atoms in total. The van der Waals surface area contributed by atoms with Crippen molar-refractivity contribution in [2.24, 2.45) is 5.73 Å². The van der Waals surface area contributed by atoms with Crippen LogP contribution in [-0.4, -0.2) is 11.9 Å². The predicted octanol–water partition coefficient (Wildman–Crippen LogP) is 1.35. The summed E-state index contributed by atoms with van der Waals surface area (Å²) in [4.78, 5) is 11.6. The Hall–Kier alpha value is -1.86. The molecule has 17 heavy (non-hydrogen) atoms. The van der Waals surface area contributed by atoms with E-state index in [1.165, 1.54) is 12.1 Å². The maximum atomic E-state index is 13.0. The van der Waals surface area contributed by atoms with Crippen LogP contribution in [0.2, 0.25) is 0 Å². The fraction of sp³-hybridized carbons (Fsp3) is 0.308. The Morgan fingerprint density at radius 1 is 1.65 bits per heavy atom. The van der Waals surface area contributed by atoms with Crippen LogP contribution in [-0.2, 0) is 4.79 Å². The number of hydrogen-bond donors (Lipinski definition) is 2. The van der Waals surface area contributed by atoms with Crippen LogP contribution in [0.1, 0.15) is 24.9 Å². The summed E-state index contributed by atoms with van der Waals surface area (Å²) in [6, 6.07) is 5.02. The molecule has 90 valence electrons. The largest absolute Gasteiger partial charge is 0.348 e. The first-order chi connectivity index (χ1) is 8.04. The lowest BCUT2D eigenvalue weighted by Crippen LogP contribution is -2.41. The van der Waals surface area contributed by atoms with Gasteiger partial charge < -0.3 is 11.1 Å². The maximum absolute atomic E-state index is 13.0. The van der Waals surface area contributed by atoms with Crippen molar-refractivity contribution in [1.29, 1.82) is 0 Å². The Labute approximate surface area is 100 Å². The molecule has 3 N–H and O–H groups in total. The van der Waals surface area contributed by atoms with Crippen molar-refractivity contribution in [3.05, 3.63) is 35.6 Å². The molecular formula is C13H15FN2O. The number of halogens is 1. The highest BCUT2D eigenvalue weighted by molar-refractivity contribution is 5.82. The summed E-state index contributed by atoms with van der Waals surface area (Å²) >= 11 is 0. The Balaban J connectivity index is 2.64. The number of benzene rings is 1. The number of amides is 1. The molecule has 1 aromatic carbocycles. The molecule has 0 aliphatic carbocycles. The molecule has 1 rings (SSSR count). The molecule has 0 aromatic heterocycles. The van der Waals surface area contributed by atoms with Gasteiger partial charge in [-0.15, -0.1) is 12.3 Å². The van der Waals surface area contributed by atoms with E-state index in [4.69, 9.17) is 12.2 Å². The number of carbonyl (C=O) groups excluding carboxylic acids is 1. The first-order valence-corrected chi connectivity index (χ1v) is 5.29. The van der Waals surface area contributed by atoms with E-state index >= 15 is 0 Å². The van der Waals surface area contributed by atoms with Crippen LogP contribution in [0.15, 0.2) is 24.3 Å². The standard InChI is InChI=1S/C13H15FN2O/c1-3-5-12(15)13(17)16-9(2)10-6-4-7-11(14)8-10/h1,4,6-9,12H,5,15H2,2H3,(H,16,17). The Morgan fingerprint density at radius 3 is 2.94 bits per heavy atom. The van der Waals surface area contributed by atoms with Gasteiger partial charge in [-0.2, -0.15) is 0 Å². The average Bonchev–Trinajstić information content (AvgIpc) is 2.29. The number of hydrogen-bond acceptors (Lipinski definition) is 2. The molecule has 1 amide bonds. The van der Waals surface area contributed by atoms with Crippen molar-refractivity contribution < 1.29 is 9.18 Å². The van der Waals surface area contributed by atoms with Gasteiger partial charge in [-0.05, 0) is 24.6 Å². The fourth-order valence-electron chi connectivity index (χ4n) is 1.40. The molecule has 0 fully saturated rings. The molecule has 0 aliphatic rings. The summed E-state index contributed by atoms with van der Waals surface area (Å²) in [6.45, 7) is 1.76. The van der Waals surface area contributed by atoms with Gasteiger partial charge in [-0.25, -0.2) is 4.39 Å². The fourth-order valence-corrected chi connectivity index (χ4v) is 1.40. The normalized spacial score (nSPS) is 13.5. The summed E-state index contributed by atoms with van der Waals surface area (Å²) in [7, 11) is 0. The quantitative estimate of drug-likeness (QED) is 0.773. The predicted molar refractivity (Wildman–Crippen MR) is 64.4 cm³/mol. The van der Waals surface area contributed by atoms with E-state index in [0.717, 1.165) is 0 Å². The zero-order chi connectivity index (χ0) is 12.8. The van der Waals surface area contributed by atoms with Gasteiger partial charge in [-0.1, -0.05) is 12.1 Å². The highest BCUT2D eigenvalue weighted by Crippen LogP contribution is 2.13. The second-order valence-corrected chi connectivity index (χ2v) is 3.80. The lowest BCUT2D eigenvalue weighted by atomic mass is 10.1. The van der Waals surface area contributed by atoms with Crippen LogP contribution in [0, 0.1) is 18.2 Å². The van der Waals surface area contributed by atoms with Gasteiger partial charge in [-0.3, -0.25) is 4.79 Å². The summed E-state index contributed by atoms with van der Waals surface area (Å²) in [6.07, 6.45) is 5.25. The molecule has 0 saturated carbocycles. The van der Waals surface area contributed by atoms with Crippen molar-refractivity contribution in [3.8, 4) is 12.3 Å². The Morgan fingerprint density at radius 2 is 2.35 bits per heavy atom. The minimum Gasteiger partial charge on any atom is -0.348 e. The summed E-state index contributed by atoms with van der Waals surface area (Å²) < 4.78 is 13.0. The smallest absolute Gasteiger partial charge is 0.238 e. The molecule has 0 heterocycles. The van der Waals surface area contributed by atoms with Crippen LogP contribution < -0.4 is 11.1 Å².